The van der Waals surface area contributed by atoms with E-state index in [1.54, 1.807) is 7.05 Å². The first kappa shape index (κ1) is 26.3. The van der Waals surface area contributed by atoms with Gasteiger partial charge in [0.05, 0.1) is 29.6 Å². The molecule has 7 nitrogen and oxygen atoms in total. The number of hydrogen-bond donors (Lipinski definition) is 1. The second-order valence-electron chi connectivity index (χ2n) is 8.04. The van der Waals surface area contributed by atoms with Crippen molar-refractivity contribution >= 4 is 17.3 Å². The molecule has 0 amide bonds. The van der Waals surface area contributed by atoms with Crippen molar-refractivity contribution < 1.29 is 31.8 Å². The fourth-order valence-corrected chi connectivity index (χ4v) is 4.25. The summed E-state index contributed by atoms with van der Waals surface area (Å²) in [6.45, 7) is 2.06. The summed E-state index contributed by atoms with van der Waals surface area (Å²) in [4.78, 5) is 17.3. The number of carbonyl (C=O) groups is 1. The highest BCUT2D eigenvalue weighted by Crippen LogP contribution is 2.37. The number of rotatable bonds is 9. The SMILES string of the molecule is CNCOC(=O)c1cnn(Cc2nc(-c3cc(OCc4ccc(F)cc4)cc(C(F)(F)F)c3)sc2C)c1. The summed E-state index contributed by atoms with van der Waals surface area (Å²) in [6.07, 6.45) is -1.70. The average Bonchev–Trinajstić information content (AvgIpc) is 3.48. The molecule has 0 aliphatic heterocycles. The molecule has 0 fully saturated rings. The van der Waals surface area contributed by atoms with Gasteiger partial charge in [-0.1, -0.05) is 12.1 Å². The summed E-state index contributed by atoms with van der Waals surface area (Å²) < 4.78 is 66.1. The molecular formula is C25H22F4N4O3S. The highest BCUT2D eigenvalue weighted by Gasteiger charge is 2.32. The van der Waals surface area contributed by atoms with Crippen molar-refractivity contribution in [3.05, 3.63) is 87.9 Å². The number of hydrogen-bond acceptors (Lipinski definition) is 7. The molecule has 4 aromatic rings. The van der Waals surface area contributed by atoms with Crippen LogP contribution in [0.3, 0.4) is 0 Å². The van der Waals surface area contributed by atoms with Gasteiger partial charge in [0.25, 0.3) is 0 Å². The molecule has 0 aliphatic carbocycles. The van der Waals surface area contributed by atoms with E-state index in [9.17, 15) is 22.4 Å². The van der Waals surface area contributed by atoms with Gasteiger partial charge >= 0.3 is 12.1 Å². The van der Waals surface area contributed by atoms with E-state index in [1.165, 1.54) is 58.7 Å². The number of esters is 1. The average molecular weight is 535 g/mol. The first-order chi connectivity index (χ1) is 17.6. The highest BCUT2D eigenvalue weighted by molar-refractivity contribution is 7.15. The van der Waals surface area contributed by atoms with Gasteiger partial charge < -0.3 is 9.47 Å². The highest BCUT2D eigenvalue weighted by atomic mass is 32.1. The standard InChI is InChI=1S/C25H22F4N4O3S/c1-15-22(12-33-11-18(10-31-33)24(34)36-14-30-2)32-23(37-15)17-7-19(25(27,28)29)9-21(8-17)35-13-16-3-5-20(26)6-4-16/h3-11,30H,12-14H2,1-2H3. The molecule has 0 aliphatic rings. The molecule has 2 aromatic heterocycles. The van der Waals surface area contributed by atoms with Crippen molar-refractivity contribution in [3.8, 4) is 16.3 Å². The van der Waals surface area contributed by atoms with Gasteiger partial charge in [-0.25, -0.2) is 14.2 Å². The number of thiazole rings is 1. The van der Waals surface area contributed by atoms with Crippen LogP contribution in [0, 0.1) is 12.7 Å². The second-order valence-corrected chi connectivity index (χ2v) is 9.24. The number of carbonyl (C=O) groups excluding carboxylic acids is 1. The molecule has 0 spiro atoms. The maximum atomic E-state index is 13.6. The Hall–Kier alpha value is -3.77. The van der Waals surface area contributed by atoms with Crippen LogP contribution in [0.4, 0.5) is 17.6 Å². The van der Waals surface area contributed by atoms with E-state index in [0.717, 1.165) is 17.0 Å². The van der Waals surface area contributed by atoms with Crippen LogP contribution in [-0.4, -0.2) is 34.5 Å². The van der Waals surface area contributed by atoms with Crippen molar-refractivity contribution in [1.29, 1.82) is 0 Å². The van der Waals surface area contributed by atoms with Crippen LogP contribution in [0.5, 0.6) is 5.75 Å². The lowest BCUT2D eigenvalue weighted by atomic mass is 10.1. The minimum Gasteiger partial charge on any atom is -0.489 e. The second kappa shape index (κ2) is 11.1. The third-order valence-electron chi connectivity index (χ3n) is 5.22. The molecule has 2 heterocycles. The Kier molecular flexibility index (Phi) is 7.89. The zero-order valence-electron chi connectivity index (χ0n) is 19.8. The molecule has 0 unspecified atom stereocenters. The summed E-state index contributed by atoms with van der Waals surface area (Å²) in [7, 11) is 1.64. The largest absolute Gasteiger partial charge is 0.489 e. The monoisotopic (exact) mass is 534 g/mol. The van der Waals surface area contributed by atoms with Crippen LogP contribution in [0.1, 0.15) is 32.1 Å². The summed E-state index contributed by atoms with van der Waals surface area (Å²) >= 11 is 1.24. The number of aromatic nitrogens is 3. The summed E-state index contributed by atoms with van der Waals surface area (Å²) in [6, 6.07) is 8.95. The van der Waals surface area contributed by atoms with Gasteiger partial charge in [-0.2, -0.15) is 18.3 Å². The Morgan fingerprint density at radius 1 is 1.16 bits per heavy atom. The van der Waals surface area contributed by atoms with Crippen molar-refractivity contribution in [2.45, 2.75) is 26.3 Å². The number of nitrogens with one attached hydrogen (secondary N) is 1. The Morgan fingerprint density at radius 2 is 1.92 bits per heavy atom. The molecule has 0 radical (unpaired) electrons. The Balaban J connectivity index is 1.56. The van der Waals surface area contributed by atoms with E-state index in [2.05, 4.69) is 15.4 Å². The van der Waals surface area contributed by atoms with Crippen molar-refractivity contribution in [1.82, 2.24) is 20.1 Å². The smallest absolute Gasteiger partial charge is 0.416 e. The third-order valence-corrected chi connectivity index (χ3v) is 6.28. The van der Waals surface area contributed by atoms with Crippen molar-refractivity contribution in [2.24, 2.45) is 0 Å². The lowest BCUT2D eigenvalue weighted by molar-refractivity contribution is -0.137. The van der Waals surface area contributed by atoms with E-state index >= 15 is 0 Å². The minimum absolute atomic E-state index is 0.0142. The van der Waals surface area contributed by atoms with Crippen LogP contribution in [0.2, 0.25) is 0 Å². The van der Waals surface area contributed by atoms with E-state index in [1.807, 2.05) is 6.92 Å². The lowest BCUT2D eigenvalue weighted by Gasteiger charge is -2.12. The number of aryl methyl sites for hydroxylation is 1. The molecule has 12 heteroatoms. The zero-order chi connectivity index (χ0) is 26.6. The summed E-state index contributed by atoms with van der Waals surface area (Å²) in [5.41, 5.74) is 0.861. The molecule has 4 rings (SSSR count). The predicted octanol–water partition coefficient (Wildman–Crippen LogP) is 5.43. The molecule has 194 valence electrons. The fourth-order valence-electron chi connectivity index (χ4n) is 3.34. The Labute approximate surface area is 213 Å². The van der Waals surface area contributed by atoms with E-state index < -0.39 is 23.5 Å². The van der Waals surface area contributed by atoms with Crippen LogP contribution in [0.25, 0.3) is 10.6 Å². The van der Waals surface area contributed by atoms with E-state index in [-0.39, 0.29) is 36.8 Å². The van der Waals surface area contributed by atoms with Gasteiger partial charge in [0.1, 0.15) is 29.9 Å². The number of halogens is 4. The molecular weight excluding hydrogens is 512 g/mol. The normalized spacial score (nSPS) is 11.5. The van der Waals surface area contributed by atoms with Gasteiger partial charge in [-0.15, -0.1) is 11.3 Å². The number of ether oxygens (including phenoxy) is 2. The quantitative estimate of drug-likeness (QED) is 0.175. The lowest BCUT2D eigenvalue weighted by Crippen LogP contribution is -2.16. The van der Waals surface area contributed by atoms with E-state index in [0.29, 0.717) is 16.3 Å². The van der Waals surface area contributed by atoms with Gasteiger partial charge in [0.15, 0.2) is 0 Å². The number of nitrogens with zero attached hydrogens (tertiary/aromatic N) is 3. The maximum absolute atomic E-state index is 13.6. The molecule has 2 aromatic carbocycles. The zero-order valence-corrected chi connectivity index (χ0v) is 20.6. The first-order valence-corrected chi connectivity index (χ1v) is 11.8. The topological polar surface area (TPSA) is 78.3 Å². The summed E-state index contributed by atoms with van der Waals surface area (Å²) in [5, 5.41) is 7.24. The van der Waals surface area contributed by atoms with Crippen LogP contribution < -0.4 is 10.1 Å². The maximum Gasteiger partial charge on any atom is 0.416 e. The molecule has 1 N–H and O–H groups in total. The molecule has 0 bridgehead atoms. The van der Waals surface area contributed by atoms with Crippen LogP contribution in [0.15, 0.2) is 54.9 Å². The van der Waals surface area contributed by atoms with Crippen molar-refractivity contribution in [2.75, 3.05) is 13.8 Å². The predicted molar refractivity (Wildman–Crippen MR) is 129 cm³/mol. The minimum atomic E-state index is -4.59. The van der Waals surface area contributed by atoms with Crippen LogP contribution in [-0.2, 0) is 24.1 Å². The van der Waals surface area contributed by atoms with E-state index in [4.69, 9.17) is 9.47 Å². The first-order valence-electron chi connectivity index (χ1n) is 11.0. The molecule has 0 saturated carbocycles. The molecule has 0 atom stereocenters. The van der Waals surface area contributed by atoms with Gasteiger partial charge in [0, 0.05) is 16.6 Å². The van der Waals surface area contributed by atoms with Gasteiger partial charge in [-0.05, 0) is 49.9 Å². The van der Waals surface area contributed by atoms with Crippen LogP contribution >= 0.6 is 11.3 Å². The molecule has 37 heavy (non-hydrogen) atoms. The van der Waals surface area contributed by atoms with Gasteiger partial charge in [0.2, 0.25) is 0 Å². The number of alkyl halides is 3. The third kappa shape index (κ3) is 6.71. The van der Waals surface area contributed by atoms with Crippen molar-refractivity contribution in [3.63, 3.8) is 0 Å². The number of benzene rings is 2. The summed E-state index contributed by atoms with van der Waals surface area (Å²) in [5.74, 6) is -0.936. The molecule has 0 saturated heterocycles. The fraction of sp³-hybridized carbons (Fsp3) is 0.240. The Bertz CT molecular complexity index is 1380. The Morgan fingerprint density at radius 3 is 2.62 bits per heavy atom. The van der Waals surface area contributed by atoms with Gasteiger partial charge in [-0.3, -0.25) is 10.00 Å².